The molecule has 0 heterocycles. The second-order valence-corrected chi connectivity index (χ2v) is 6.89. The fourth-order valence-corrected chi connectivity index (χ4v) is 2.90. The highest BCUT2D eigenvalue weighted by atomic mass is 32.2. The molecule has 1 aromatic carbocycles. The molecular weight excluding hydrogens is 234 g/mol. The normalized spacial score (nSPS) is 16.1. The lowest BCUT2D eigenvalue weighted by Gasteiger charge is -2.06. The Kier molecular flexibility index (Phi) is 3.84. The Morgan fingerprint density at radius 3 is 2.47 bits per heavy atom. The van der Waals surface area contributed by atoms with Crippen molar-refractivity contribution in [2.45, 2.75) is 24.7 Å². The van der Waals surface area contributed by atoms with Gasteiger partial charge in [0.1, 0.15) is 0 Å². The molecule has 0 radical (unpaired) electrons. The van der Waals surface area contributed by atoms with Gasteiger partial charge < -0.3 is 5.32 Å². The molecule has 94 valence electrons. The van der Waals surface area contributed by atoms with Gasteiger partial charge in [-0.15, -0.1) is 0 Å². The SMILES string of the molecule is Cc1ccc(S(=O)(=O)CCNCC2CC2)cc1. The monoisotopic (exact) mass is 253 g/mol. The minimum Gasteiger partial charge on any atom is -0.315 e. The predicted molar refractivity (Wildman–Crippen MR) is 68.8 cm³/mol. The van der Waals surface area contributed by atoms with Crippen molar-refractivity contribution in [3.05, 3.63) is 29.8 Å². The zero-order valence-corrected chi connectivity index (χ0v) is 11.0. The number of benzene rings is 1. The summed E-state index contributed by atoms with van der Waals surface area (Å²) in [6.07, 6.45) is 2.58. The fourth-order valence-electron chi connectivity index (χ4n) is 1.70. The van der Waals surface area contributed by atoms with E-state index < -0.39 is 9.84 Å². The van der Waals surface area contributed by atoms with Crippen molar-refractivity contribution >= 4 is 9.84 Å². The van der Waals surface area contributed by atoms with Crippen molar-refractivity contribution in [3.8, 4) is 0 Å². The summed E-state index contributed by atoms with van der Waals surface area (Å²) in [5.74, 6) is 0.972. The largest absolute Gasteiger partial charge is 0.315 e. The summed E-state index contributed by atoms with van der Waals surface area (Å²) >= 11 is 0. The Morgan fingerprint density at radius 1 is 1.24 bits per heavy atom. The molecule has 1 aromatic rings. The average molecular weight is 253 g/mol. The molecule has 4 heteroatoms. The van der Waals surface area contributed by atoms with Crippen molar-refractivity contribution in [1.29, 1.82) is 0 Å². The van der Waals surface area contributed by atoms with Gasteiger partial charge in [-0.2, -0.15) is 0 Å². The maximum atomic E-state index is 12.0. The van der Waals surface area contributed by atoms with Crippen LogP contribution in [-0.4, -0.2) is 27.3 Å². The van der Waals surface area contributed by atoms with Crippen molar-refractivity contribution in [2.24, 2.45) is 5.92 Å². The quantitative estimate of drug-likeness (QED) is 0.786. The maximum Gasteiger partial charge on any atom is 0.179 e. The van der Waals surface area contributed by atoms with Crippen molar-refractivity contribution in [1.82, 2.24) is 5.32 Å². The van der Waals surface area contributed by atoms with E-state index in [9.17, 15) is 8.42 Å². The highest BCUT2D eigenvalue weighted by Gasteiger charge is 2.20. The molecule has 0 aliphatic heterocycles. The molecule has 17 heavy (non-hydrogen) atoms. The Labute approximate surface area is 103 Å². The van der Waals surface area contributed by atoms with Crippen LogP contribution in [-0.2, 0) is 9.84 Å². The first-order chi connectivity index (χ1) is 8.08. The summed E-state index contributed by atoms with van der Waals surface area (Å²) in [5.41, 5.74) is 1.08. The van der Waals surface area contributed by atoms with Crippen LogP contribution in [0.5, 0.6) is 0 Å². The summed E-state index contributed by atoms with van der Waals surface area (Å²) in [5, 5.41) is 3.21. The van der Waals surface area contributed by atoms with Crippen LogP contribution < -0.4 is 5.32 Å². The molecule has 0 amide bonds. The molecule has 0 saturated heterocycles. The molecule has 0 spiro atoms. The second kappa shape index (κ2) is 5.19. The van der Waals surface area contributed by atoms with Gasteiger partial charge in [0.25, 0.3) is 0 Å². The van der Waals surface area contributed by atoms with Gasteiger partial charge in [-0.1, -0.05) is 17.7 Å². The molecule has 0 bridgehead atoms. The first-order valence-corrected chi connectivity index (χ1v) is 7.73. The first kappa shape index (κ1) is 12.6. The lowest BCUT2D eigenvalue weighted by Crippen LogP contribution is -2.24. The lowest BCUT2D eigenvalue weighted by molar-refractivity contribution is 0.588. The Balaban J connectivity index is 1.86. The molecule has 1 aliphatic carbocycles. The number of hydrogen-bond acceptors (Lipinski definition) is 3. The molecule has 1 fully saturated rings. The highest BCUT2D eigenvalue weighted by molar-refractivity contribution is 7.91. The van der Waals surface area contributed by atoms with Crippen LogP contribution in [0.1, 0.15) is 18.4 Å². The predicted octanol–water partition coefficient (Wildman–Crippen LogP) is 1.77. The molecular formula is C13H19NO2S. The van der Waals surface area contributed by atoms with Crippen LogP contribution in [0.2, 0.25) is 0 Å². The fraction of sp³-hybridized carbons (Fsp3) is 0.538. The van der Waals surface area contributed by atoms with Gasteiger partial charge in [0.15, 0.2) is 9.84 Å². The molecule has 3 nitrogen and oxygen atoms in total. The zero-order valence-electron chi connectivity index (χ0n) is 10.1. The van der Waals surface area contributed by atoms with Crippen molar-refractivity contribution in [3.63, 3.8) is 0 Å². The lowest BCUT2D eigenvalue weighted by atomic mass is 10.2. The highest BCUT2D eigenvalue weighted by Crippen LogP contribution is 2.27. The first-order valence-electron chi connectivity index (χ1n) is 6.08. The Morgan fingerprint density at radius 2 is 1.88 bits per heavy atom. The van der Waals surface area contributed by atoms with E-state index in [1.807, 2.05) is 19.1 Å². The standard InChI is InChI=1S/C13H19NO2S/c1-11-2-6-13(7-3-11)17(15,16)9-8-14-10-12-4-5-12/h2-3,6-7,12,14H,4-5,8-10H2,1H3. The Bertz CT molecular complexity index is 461. The van der Waals surface area contributed by atoms with Gasteiger partial charge in [-0.25, -0.2) is 8.42 Å². The van der Waals surface area contributed by atoms with Crippen LogP contribution in [0.4, 0.5) is 0 Å². The van der Waals surface area contributed by atoms with Gasteiger partial charge in [0, 0.05) is 6.54 Å². The topological polar surface area (TPSA) is 46.2 Å². The summed E-state index contributed by atoms with van der Waals surface area (Å²) in [6, 6.07) is 7.05. The van der Waals surface area contributed by atoms with Gasteiger partial charge in [0.05, 0.1) is 10.6 Å². The van der Waals surface area contributed by atoms with Gasteiger partial charge in [0.2, 0.25) is 0 Å². The molecule has 1 aliphatic rings. The molecule has 2 rings (SSSR count). The average Bonchev–Trinajstić information content (AvgIpc) is 3.09. The number of hydrogen-bond donors (Lipinski definition) is 1. The molecule has 1 saturated carbocycles. The molecule has 1 N–H and O–H groups in total. The van der Waals surface area contributed by atoms with Crippen LogP contribution in [0.25, 0.3) is 0 Å². The molecule has 0 aromatic heterocycles. The number of rotatable bonds is 6. The van der Waals surface area contributed by atoms with E-state index in [-0.39, 0.29) is 5.75 Å². The Hall–Kier alpha value is -0.870. The summed E-state index contributed by atoms with van der Waals surface area (Å²) < 4.78 is 23.9. The third kappa shape index (κ3) is 3.82. The zero-order chi connectivity index (χ0) is 12.3. The van der Waals surface area contributed by atoms with E-state index in [0.29, 0.717) is 11.4 Å². The van der Waals surface area contributed by atoms with E-state index >= 15 is 0 Å². The number of aryl methyl sites for hydroxylation is 1. The van der Waals surface area contributed by atoms with Crippen LogP contribution in [0.3, 0.4) is 0 Å². The molecule has 0 atom stereocenters. The van der Waals surface area contributed by atoms with E-state index in [0.717, 1.165) is 18.0 Å². The smallest absolute Gasteiger partial charge is 0.179 e. The van der Waals surface area contributed by atoms with Crippen LogP contribution in [0, 0.1) is 12.8 Å². The van der Waals surface area contributed by atoms with E-state index in [4.69, 9.17) is 0 Å². The number of nitrogens with one attached hydrogen (secondary N) is 1. The van der Waals surface area contributed by atoms with Crippen molar-refractivity contribution < 1.29 is 8.42 Å². The third-order valence-electron chi connectivity index (χ3n) is 3.06. The molecule has 0 unspecified atom stereocenters. The third-order valence-corrected chi connectivity index (χ3v) is 4.79. The van der Waals surface area contributed by atoms with E-state index in [2.05, 4.69) is 5.32 Å². The summed E-state index contributed by atoms with van der Waals surface area (Å²) in [7, 11) is -3.12. The van der Waals surface area contributed by atoms with Crippen LogP contribution >= 0.6 is 0 Å². The van der Waals surface area contributed by atoms with E-state index in [1.165, 1.54) is 12.8 Å². The van der Waals surface area contributed by atoms with Gasteiger partial charge in [-0.3, -0.25) is 0 Å². The number of sulfone groups is 1. The van der Waals surface area contributed by atoms with Gasteiger partial charge in [-0.05, 0) is 44.4 Å². The minimum atomic E-state index is -3.12. The maximum absolute atomic E-state index is 12.0. The summed E-state index contributed by atoms with van der Waals surface area (Å²) in [4.78, 5) is 0.427. The van der Waals surface area contributed by atoms with E-state index in [1.54, 1.807) is 12.1 Å². The van der Waals surface area contributed by atoms with Gasteiger partial charge >= 0.3 is 0 Å². The summed E-state index contributed by atoms with van der Waals surface area (Å²) in [6.45, 7) is 3.46. The minimum absolute atomic E-state index is 0.183. The van der Waals surface area contributed by atoms with Crippen LogP contribution in [0.15, 0.2) is 29.2 Å². The second-order valence-electron chi connectivity index (χ2n) is 4.78. The van der Waals surface area contributed by atoms with Crippen molar-refractivity contribution in [2.75, 3.05) is 18.8 Å².